The van der Waals surface area contributed by atoms with Gasteiger partial charge in [0, 0.05) is 11.6 Å². The van der Waals surface area contributed by atoms with E-state index < -0.39 is 31.2 Å². The van der Waals surface area contributed by atoms with Crippen LogP contribution in [0.15, 0.2) is 42.6 Å². The van der Waals surface area contributed by atoms with Gasteiger partial charge in [-0.1, -0.05) is 30.3 Å². The third kappa shape index (κ3) is 4.94. The SMILES string of the molecule is CC(C)n1ncc2c(C(=O)OCC(=O)NCC(F)(F)F)cc(-c3ccccc3)nc21. The molecule has 7 nitrogen and oxygen atoms in total. The van der Waals surface area contributed by atoms with E-state index in [-0.39, 0.29) is 11.6 Å². The Morgan fingerprint density at radius 2 is 1.90 bits per heavy atom. The second-order valence-corrected chi connectivity index (χ2v) is 6.81. The highest BCUT2D eigenvalue weighted by molar-refractivity contribution is 6.04. The minimum atomic E-state index is -4.55. The van der Waals surface area contributed by atoms with Gasteiger partial charge in [0.15, 0.2) is 12.3 Å². The number of hydrogen-bond acceptors (Lipinski definition) is 5. The van der Waals surface area contributed by atoms with Gasteiger partial charge in [-0.05, 0) is 19.9 Å². The lowest BCUT2D eigenvalue weighted by Crippen LogP contribution is -2.36. The van der Waals surface area contributed by atoms with E-state index in [1.165, 1.54) is 12.3 Å². The normalized spacial score (nSPS) is 11.7. The first-order valence-electron chi connectivity index (χ1n) is 9.10. The fraction of sp³-hybridized carbons (Fsp3) is 0.300. The summed E-state index contributed by atoms with van der Waals surface area (Å²) in [5, 5.41) is 6.34. The van der Waals surface area contributed by atoms with E-state index in [1.54, 1.807) is 10.00 Å². The number of halogens is 3. The van der Waals surface area contributed by atoms with Crippen molar-refractivity contribution in [2.24, 2.45) is 0 Å². The number of amides is 1. The van der Waals surface area contributed by atoms with Gasteiger partial charge in [0.1, 0.15) is 6.54 Å². The Balaban J connectivity index is 1.90. The van der Waals surface area contributed by atoms with Gasteiger partial charge in [-0.2, -0.15) is 18.3 Å². The van der Waals surface area contributed by atoms with E-state index in [0.717, 1.165) is 5.56 Å². The van der Waals surface area contributed by atoms with Crippen LogP contribution >= 0.6 is 0 Å². The third-order valence-corrected chi connectivity index (χ3v) is 4.17. The van der Waals surface area contributed by atoms with Gasteiger partial charge < -0.3 is 10.1 Å². The number of benzene rings is 1. The molecule has 10 heteroatoms. The zero-order chi connectivity index (χ0) is 21.9. The standard InChI is InChI=1S/C20H19F3N4O3/c1-12(2)27-18-15(9-25-27)14(8-16(26-18)13-6-4-3-5-7-13)19(29)30-10-17(28)24-11-20(21,22)23/h3-9,12H,10-11H2,1-2H3,(H,24,28). The molecule has 1 N–H and O–H groups in total. The molecule has 2 heterocycles. The van der Waals surface area contributed by atoms with Crippen LogP contribution in [-0.2, 0) is 9.53 Å². The summed E-state index contributed by atoms with van der Waals surface area (Å²) in [6.07, 6.45) is -3.08. The molecular formula is C20H19F3N4O3. The minimum absolute atomic E-state index is 0.0296. The molecule has 30 heavy (non-hydrogen) atoms. The lowest BCUT2D eigenvalue weighted by atomic mass is 10.1. The quantitative estimate of drug-likeness (QED) is 0.617. The number of hydrogen-bond donors (Lipinski definition) is 1. The Hall–Kier alpha value is -3.43. The van der Waals surface area contributed by atoms with Crippen molar-refractivity contribution < 1.29 is 27.5 Å². The molecule has 1 amide bonds. The van der Waals surface area contributed by atoms with Crippen LogP contribution < -0.4 is 5.32 Å². The van der Waals surface area contributed by atoms with Crippen LogP contribution in [0.4, 0.5) is 13.2 Å². The molecule has 0 bridgehead atoms. The number of aromatic nitrogens is 3. The van der Waals surface area contributed by atoms with Crippen molar-refractivity contribution >= 4 is 22.9 Å². The number of nitrogens with one attached hydrogen (secondary N) is 1. The topological polar surface area (TPSA) is 86.1 Å². The van der Waals surface area contributed by atoms with E-state index in [2.05, 4.69) is 10.1 Å². The van der Waals surface area contributed by atoms with Crippen LogP contribution in [0.3, 0.4) is 0 Å². The monoisotopic (exact) mass is 420 g/mol. The lowest BCUT2D eigenvalue weighted by molar-refractivity contribution is -0.140. The minimum Gasteiger partial charge on any atom is -0.452 e. The first-order valence-corrected chi connectivity index (χ1v) is 9.10. The predicted octanol–water partition coefficient (Wildman–Crippen LogP) is 3.51. The van der Waals surface area contributed by atoms with Gasteiger partial charge in [-0.15, -0.1) is 0 Å². The summed E-state index contributed by atoms with van der Waals surface area (Å²) >= 11 is 0. The Kier molecular flexibility index (Phi) is 6.04. The van der Waals surface area contributed by atoms with Crippen molar-refractivity contribution in [3.8, 4) is 11.3 Å². The fourth-order valence-corrected chi connectivity index (χ4v) is 2.78. The number of ether oxygens (including phenoxy) is 1. The summed E-state index contributed by atoms with van der Waals surface area (Å²) in [6.45, 7) is 1.48. The highest BCUT2D eigenvalue weighted by Gasteiger charge is 2.28. The number of pyridine rings is 1. The fourth-order valence-electron chi connectivity index (χ4n) is 2.78. The molecule has 158 valence electrons. The molecule has 0 aliphatic rings. The van der Waals surface area contributed by atoms with Crippen LogP contribution in [0, 0.1) is 0 Å². The molecule has 0 unspecified atom stereocenters. The first-order chi connectivity index (χ1) is 14.2. The Morgan fingerprint density at radius 1 is 1.20 bits per heavy atom. The van der Waals surface area contributed by atoms with Crippen LogP contribution in [0.2, 0.25) is 0 Å². The summed E-state index contributed by atoms with van der Waals surface area (Å²) < 4.78 is 43.2. The molecule has 0 saturated carbocycles. The summed E-state index contributed by atoms with van der Waals surface area (Å²) in [5.41, 5.74) is 1.83. The number of carbonyl (C=O) groups is 2. The lowest BCUT2D eigenvalue weighted by Gasteiger charge is -2.11. The number of alkyl halides is 3. The zero-order valence-electron chi connectivity index (χ0n) is 16.2. The van der Waals surface area contributed by atoms with Crippen molar-refractivity contribution in [2.45, 2.75) is 26.1 Å². The second kappa shape index (κ2) is 8.52. The molecule has 3 rings (SSSR count). The first kappa shape index (κ1) is 21.3. The average Bonchev–Trinajstić information content (AvgIpc) is 3.14. The van der Waals surface area contributed by atoms with Gasteiger partial charge in [-0.3, -0.25) is 4.79 Å². The zero-order valence-corrected chi connectivity index (χ0v) is 16.2. The van der Waals surface area contributed by atoms with Gasteiger partial charge in [0.25, 0.3) is 5.91 Å². The van der Waals surface area contributed by atoms with Gasteiger partial charge in [0.05, 0.1) is 22.8 Å². The van der Waals surface area contributed by atoms with Crippen molar-refractivity contribution in [3.63, 3.8) is 0 Å². The van der Waals surface area contributed by atoms with E-state index >= 15 is 0 Å². The summed E-state index contributed by atoms with van der Waals surface area (Å²) in [7, 11) is 0. The molecule has 0 spiro atoms. The molecule has 2 aromatic heterocycles. The van der Waals surface area contributed by atoms with E-state index in [1.807, 2.05) is 44.2 Å². The molecule has 3 aromatic rings. The smallest absolute Gasteiger partial charge is 0.405 e. The number of fused-ring (bicyclic) bond motifs is 1. The third-order valence-electron chi connectivity index (χ3n) is 4.17. The van der Waals surface area contributed by atoms with Crippen molar-refractivity contribution in [1.82, 2.24) is 20.1 Å². The molecule has 0 radical (unpaired) electrons. The maximum atomic E-state index is 12.6. The van der Waals surface area contributed by atoms with Crippen LogP contribution in [-0.4, -0.2) is 46.0 Å². The van der Waals surface area contributed by atoms with Gasteiger partial charge in [-0.25, -0.2) is 14.5 Å². The van der Waals surface area contributed by atoms with Crippen molar-refractivity contribution in [3.05, 3.63) is 48.2 Å². The van der Waals surface area contributed by atoms with E-state index in [9.17, 15) is 22.8 Å². The predicted molar refractivity (Wildman–Crippen MR) is 103 cm³/mol. The number of carbonyl (C=O) groups excluding carboxylic acids is 2. The molecule has 0 fully saturated rings. The maximum Gasteiger partial charge on any atom is 0.405 e. The summed E-state index contributed by atoms with van der Waals surface area (Å²) in [5.74, 6) is -1.91. The summed E-state index contributed by atoms with van der Waals surface area (Å²) in [4.78, 5) is 28.8. The van der Waals surface area contributed by atoms with Crippen LogP contribution in [0.25, 0.3) is 22.3 Å². The number of esters is 1. The van der Waals surface area contributed by atoms with Crippen molar-refractivity contribution in [1.29, 1.82) is 0 Å². The van der Waals surface area contributed by atoms with Gasteiger partial charge >= 0.3 is 12.1 Å². The number of rotatable bonds is 6. The highest BCUT2D eigenvalue weighted by atomic mass is 19.4. The molecular weight excluding hydrogens is 401 g/mol. The molecule has 1 aromatic carbocycles. The molecule has 0 atom stereocenters. The largest absolute Gasteiger partial charge is 0.452 e. The van der Waals surface area contributed by atoms with Crippen LogP contribution in [0.5, 0.6) is 0 Å². The van der Waals surface area contributed by atoms with E-state index in [0.29, 0.717) is 16.7 Å². The Bertz CT molecular complexity index is 1060. The number of nitrogens with zero attached hydrogens (tertiary/aromatic N) is 3. The van der Waals surface area contributed by atoms with Gasteiger partial charge in [0.2, 0.25) is 0 Å². The second-order valence-electron chi connectivity index (χ2n) is 6.81. The van der Waals surface area contributed by atoms with E-state index in [4.69, 9.17) is 4.74 Å². The Labute approximate surface area is 169 Å². The molecule has 0 aliphatic heterocycles. The average molecular weight is 420 g/mol. The van der Waals surface area contributed by atoms with Crippen LogP contribution in [0.1, 0.15) is 30.2 Å². The molecule has 0 aliphatic carbocycles. The summed E-state index contributed by atoms with van der Waals surface area (Å²) in [6, 6.07) is 10.6. The highest BCUT2D eigenvalue weighted by Crippen LogP contribution is 2.26. The maximum absolute atomic E-state index is 12.6. The Morgan fingerprint density at radius 3 is 2.53 bits per heavy atom. The van der Waals surface area contributed by atoms with Crippen molar-refractivity contribution in [2.75, 3.05) is 13.2 Å². The molecule has 0 saturated heterocycles.